The molecule has 1 aromatic heterocycles. The summed E-state index contributed by atoms with van der Waals surface area (Å²) in [5.74, 6) is 0.352. The molecule has 0 radical (unpaired) electrons. The van der Waals surface area contributed by atoms with Gasteiger partial charge in [-0.1, -0.05) is 42.1 Å². The number of hydrogen-bond donors (Lipinski definition) is 2. The molecule has 0 fully saturated rings. The Balaban J connectivity index is 2.02. The van der Waals surface area contributed by atoms with Crippen LogP contribution in [0, 0.1) is 0 Å². The lowest BCUT2D eigenvalue weighted by atomic mass is 10.2. The lowest BCUT2D eigenvalue weighted by Crippen LogP contribution is -2.45. The first-order valence-corrected chi connectivity index (χ1v) is 8.49. The predicted octanol–water partition coefficient (Wildman–Crippen LogP) is 2.20. The first-order valence-electron chi connectivity index (χ1n) is 7.61. The van der Waals surface area contributed by atoms with E-state index in [1.165, 1.54) is 11.8 Å². The van der Waals surface area contributed by atoms with Gasteiger partial charge in [0.15, 0.2) is 11.0 Å². The molecule has 3 amide bonds. The SMILES string of the molecule is CC(C)NC(=O)NC(=O)[C@@H](C)Sc1nnc(-c2ccccc2)n1C. The third-order valence-electron chi connectivity index (χ3n) is 3.17. The van der Waals surface area contributed by atoms with Crippen LogP contribution in [-0.4, -0.2) is 38.0 Å². The van der Waals surface area contributed by atoms with E-state index in [0.29, 0.717) is 5.16 Å². The van der Waals surface area contributed by atoms with Gasteiger partial charge in [0.2, 0.25) is 5.91 Å². The van der Waals surface area contributed by atoms with Gasteiger partial charge < -0.3 is 9.88 Å². The van der Waals surface area contributed by atoms with E-state index in [4.69, 9.17) is 0 Å². The van der Waals surface area contributed by atoms with Crippen LogP contribution in [0.4, 0.5) is 4.79 Å². The molecule has 0 bridgehead atoms. The minimum absolute atomic E-state index is 0.0343. The number of urea groups is 1. The minimum Gasteiger partial charge on any atom is -0.336 e. The van der Waals surface area contributed by atoms with Crippen LogP contribution in [0.5, 0.6) is 0 Å². The normalized spacial score (nSPS) is 12.0. The van der Waals surface area contributed by atoms with Gasteiger partial charge in [0.25, 0.3) is 0 Å². The highest BCUT2D eigenvalue weighted by atomic mass is 32.2. The zero-order valence-electron chi connectivity index (χ0n) is 14.1. The lowest BCUT2D eigenvalue weighted by molar-refractivity contribution is -0.119. The Bertz CT molecular complexity index is 715. The molecule has 7 nitrogen and oxygen atoms in total. The number of aromatic nitrogens is 3. The molecule has 2 rings (SSSR count). The van der Waals surface area contributed by atoms with Gasteiger partial charge in [0.1, 0.15) is 0 Å². The maximum absolute atomic E-state index is 12.1. The molecule has 0 aliphatic rings. The van der Waals surface area contributed by atoms with Gasteiger partial charge in [-0.2, -0.15) is 0 Å². The number of amides is 3. The molecule has 0 aliphatic carbocycles. The van der Waals surface area contributed by atoms with Gasteiger partial charge >= 0.3 is 6.03 Å². The number of carbonyl (C=O) groups excluding carboxylic acids is 2. The zero-order chi connectivity index (χ0) is 17.7. The predicted molar refractivity (Wildman–Crippen MR) is 93.6 cm³/mol. The van der Waals surface area contributed by atoms with Gasteiger partial charge in [-0.3, -0.25) is 10.1 Å². The van der Waals surface area contributed by atoms with Crippen molar-refractivity contribution < 1.29 is 9.59 Å². The largest absolute Gasteiger partial charge is 0.336 e. The third-order valence-corrected chi connectivity index (χ3v) is 4.31. The molecule has 2 aromatic rings. The number of benzene rings is 1. The summed E-state index contributed by atoms with van der Waals surface area (Å²) in [6.07, 6.45) is 0. The first kappa shape index (κ1) is 18.0. The molecule has 128 valence electrons. The Morgan fingerprint density at radius 1 is 1.12 bits per heavy atom. The van der Waals surface area contributed by atoms with E-state index in [1.807, 2.05) is 55.8 Å². The van der Waals surface area contributed by atoms with Crippen LogP contribution < -0.4 is 10.6 Å². The van der Waals surface area contributed by atoms with Crippen molar-refractivity contribution in [2.45, 2.75) is 37.2 Å². The second-order valence-electron chi connectivity index (χ2n) is 5.61. The summed E-state index contributed by atoms with van der Waals surface area (Å²) in [7, 11) is 1.85. The maximum Gasteiger partial charge on any atom is 0.321 e. The Labute approximate surface area is 145 Å². The molecule has 0 saturated heterocycles. The number of hydrogen-bond acceptors (Lipinski definition) is 5. The number of nitrogens with one attached hydrogen (secondary N) is 2. The molecule has 0 saturated carbocycles. The molecule has 0 unspecified atom stereocenters. The van der Waals surface area contributed by atoms with Gasteiger partial charge in [0.05, 0.1) is 5.25 Å². The van der Waals surface area contributed by atoms with E-state index in [9.17, 15) is 9.59 Å². The van der Waals surface area contributed by atoms with Crippen molar-refractivity contribution >= 4 is 23.7 Å². The summed E-state index contributed by atoms with van der Waals surface area (Å²) >= 11 is 1.25. The Kier molecular flexibility index (Phi) is 5.97. The molecular formula is C16H21N5O2S. The molecule has 1 atom stereocenters. The van der Waals surface area contributed by atoms with Gasteiger partial charge in [-0.25, -0.2) is 4.79 Å². The number of carbonyl (C=O) groups is 2. The van der Waals surface area contributed by atoms with Crippen molar-refractivity contribution in [3.05, 3.63) is 30.3 Å². The van der Waals surface area contributed by atoms with Crippen LogP contribution in [0.25, 0.3) is 11.4 Å². The van der Waals surface area contributed by atoms with Gasteiger partial charge in [0, 0.05) is 18.7 Å². The van der Waals surface area contributed by atoms with Crippen LogP contribution in [-0.2, 0) is 11.8 Å². The van der Waals surface area contributed by atoms with E-state index in [0.717, 1.165) is 11.4 Å². The smallest absolute Gasteiger partial charge is 0.321 e. The molecule has 8 heteroatoms. The average Bonchev–Trinajstić information content (AvgIpc) is 2.88. The van der Waals surface area contributed by atoms with Crippen molar-refractivity contribution in [1.82, 2.24) is 25.4 Å². The minimum atomic E-state index is -0.495. The molecule has 2 N–H and O–H groups in total. The van der Waals surface area contributed by atoms with E-state index < -0.39 is 11.3 Å². The first-order chi connectivity index (χ1) is 11.4. The molecule has 0 aliphatic heterocycles. The summed E-state index contributed by atoms with van der Waals surface area (Å²) in [4.78, 5) is 23.7. The quantitative estimate of drug-likeness (QED) is 0.810. The number of thioether (sulfide) groups is 1. The fourth-order valence-electron chi connectivity index (χ4n) is 1.98. The summed E-state index contributed by atoms with van der Waals surface area (Å²) in [6, 6.07) is 9.17. The topological polar surface area (TPSA) is 88.9 Å². The van der Waals surface area contributed by atoms with Crippen molar-refractivity contribution in [1.29, 1.82) is 0 Å². The maximum atomic E-state index is 12.1. The fraction of sp³-hybridized carbons (Fsp3) is 0.375. The highest BCUT2D eigenvalue weighted by molar-refractivity contribution is 8.00. The Hall–Kier alpha value is -2.35. The molecule has 1 aromatic carbocycles. The van der Waals surface area contributed by atoms with Crippen molar-refractivity contribution in [3.8, 4) is 11.4 Å². The van der Waals surface area contributed by atoms with Crippen molar-refractivity contribution in [2.75, 3.05) is 0 Å². The van der Waals surface area contributed by atoms with Crippen LogP contribution in [0.15, 0.2) is 35.5 Å². The Morgan fingerprint density at radius 3 is 2.42 bits per heavy atom. The average molecular weight is 347 g/mol. The van der Waals surface area contributed by atoms with Crippen molar-refractivity contribution in [3.63, 3.8) is 0 Å². The van der Waals surface area contributed by atoms with Crippen LogP contribution in [0.1, 0.15) is 20.8 Å². The monoisotopic (exact) mass is 347 g/mol. The van der Waals surface area contributed by atoms with E-state index in [1.54, 1.807) is 6.92 Å². The second kappa shape index (κ2) is 7.96. The summed E-state index contributed by atoms with van der Waals surface area (Å²) in [5.41, 5.74) is 0.952. The summed E-state index contributed by atoms with van der Waals surface area (Å²) in [6.45, 7) is 5.37. The molecule has 1 heterocycles. The van der Waals surface area contributed by atoms with Crippen LogP contribution >= 0.6 is 11.8 Å². The van der Waals surface area contributed by atoms with E-state index in [2.05, 4.69) is 20.8 Å². The number of nitrogens with zero attached hydrogens (tertiary/aromatic N) is 3. The number of rotatable bonds is 5. The second-order valence-corrected chi connectivity index (χ2v) is 6.92. The van der Waals surface area contributed by atoms with Crippen molar-refractivity contribution in [2.24, 2.45) is 7.05 Å². The zero-order valence-corrected chi connectivity index (χ0v) is 14.9. The standard InChI is InChI=1S/C16H21N5O2S/c1-10(2)17-15(23)18-14(22)11(3)24-16-20-19-13(21(16)4)12-8-6-5-7-9-12/h5-11H,1-4H3,(H2,17,18,22,23)/t11-/m1/s1. The molecule has 0 spiro atoms. The highest BCUT2D eigenvalue weighted by Crippen LogP contribution is 2.25. The number of imide groups is 1. The molecular weight excluding hydrogens is 326 g/mol. The lowest BCUT2D eigenvalue weighted by Gasteiger charge is -2.13. The van der Waals surface area contributed by atoms with E-state index in [-0.39, 0.29) is 11.9 Å². The van der Waals surface area contributed by atoms with Gasteiger partial charge in [-0.05, 0) is 20.8 Å². The Morgan fingerprint density at radius 2 is 1.79 bits per heavy atom. The third kappa shape index (κ3) is 4.58. The van der Waals surface area contributed by atoms with Gasteiger partial charge in [-0.15, -0.1) is 10.2 Å². The van der Waals surface area contributed by atoms with E-state index >= 15 is 0 Å². The summed E-state index contributed by atoms with van der Waals surface area (Å²) < 4.78 is 1.83. The van der Waals surface area contributed by atoms with Crippen LogP contribution in [0.2, 0.25) is 0 Å². The molecule has 24 heavy (non-hydrogen) atoms. The highest BCUT2D eigenvalue weighted by Gasteiger charge is 2.21. The summed E-state index contributed by atoms with van der Waals surface area (Å²) in [5, 5.41) is 13.4. The fourth-order valence-corrected chi connectivity index (χ4v) is 2.79. The van der Waals surface area contributed by atoms with Crippen LogP contribution in [0.3, 0.4) is 0 Å².